The first-order valence-corrected chi connectivity index (χ1v) is 10.4. The molecule has 0 N–H and O–H groups in total. The van der Waals surface area contributed by atoms with E-state index in [-0.39, 0.29) is 17.4 Å². The maximum Gasteiger partial charge on any atom is 0.258 e. The van der Waals surface area contributed by atoms with Crippen molar-refractivity contribution in [3.8, 4) is 0 Å². The van der Waals surface area contributed by atoms with E-state index in [0.717, 1.165) is 29.3 Å². The number of amides is 2. The van der Waals surface area contributed by atoms with Crippen LogP contribution >= 0.6 is 0 Å². The number of hydrazine groups is 1. The van der Waals surface area contributed by atoms with E-state index >= 15 is 0 Å². The summed E-state index contributed by atoms with van der Waals surface area (Å²) in [5, 5.41) is 3.91. The average molecular weight is 401 g/mol. The number of fused-ring (bicyclic) bond motifs is 1. The Labute approximate surface area is 174 Å². The lowest BCUT2D eigenvalue weighted by Crippen LogP contribution is -2.41. The summed E-state index contributed by atoms with van der Waals surface area (Å²) < 4.78 is 1.75. The van der Waals surface area contributed by atoms with E-state index < -0.39 is 5.92 Å². The molecule has 1 atom stereocenters. The molecule has 6 heteroatoms. The molecule has 1 aromatic heterocycles. The zero-order valence-electron chi connectivity index (χ0n) is 17.0. The van der Waals surface area contributed by atoms with Gasteiger partial charge in [-0.1, -0.05) is 18.2 Å². The predicted octanol–water partition coefficient (Wildman–Crippen LogP) is 3.83. The SMILES string of the molecule is CCn1c(=O)cc(C2CC2)c2cc(N3C(=O)C(C)C(=O)N3c3ccccc3)ccc21. The molecule has 1 aliphatic carbocycles. The van der Waals surface area contributed by atoms with Crippen LogP contribution in [0.1, 0.15) is 38.2 Å². The zero-order chi connectivity index (χ0) is 21.0. The normalized spacial score (nSPS) is 19.2. The number of benzene rings is 2. The molecular formula is C24H23N3O3. The monoisotopic (exact) mass is 401 g/mol. The van der Waals surface area contributed by atoms with Gasteiger partial charge in [-0.15, -0.1) is 0 Å². The second kappa shape index (κ2) is 6.83. The Kier molecular flexibility index (Phi) is 4.24. The minimum atomic E-state index is -0.742. The van der Waals surface area contributed by atoms with Gasteiger partial charge in [0.1, 0.15) is 5.92 Å². The van der Waals surface area contributed by atoms with Gasteiger partial charge < -0.3 is 4.57 Å². The molecule has 152 valence electrons. The highest BCUT2D eigenvalue weighted by Crippen LogP contribution is 2.43. The van der Waals surface area contributed by atoms with Crippen LogP contribution in [0.25, 0.3) is 10.9 Å². The summed E-state index contributed by atoms with van der Waals surface area (Å²) in [6.45, 7) is 4.17. The van der Waals surface area contributed by atoms with E-state index in [0.29, 0.717) is 23.8 Å². The lowest BCUT2D eigenvalue weighted by Gasteiger charge is -2.28. The van der Waals surface area contributed by atoms with Gasteiger partial charge in [0.2, 0.25) is 0 Å². The average Bonchev–Trinajstić information content (AvgIpc) is 3.58. The van der Waals surface area contributed by atoms with Gasteiger partial charge in [0, 0.05) is 18.0 Å². The van der Waals surface area contributed by atoms with Gasteiger partial charge in [0.05, 0.1) is 16.9 Å². The number of nitrogens with zero attached hydrogens (tertiary/aromatic N) is 3. The van der Waals surface area contributed by atoms with E-state index in [1.54, 1.807) is 17.6 Å². The highest BCUT2D eigenvalue weighted by molar-refractivity contribution is 6.23. The molecule has 2 amide bonds. The quantitative estimate of drug-likeness (QED) is 0.624. The Hall–Kier alpha value is -3.41. The van der Waals surface area contributed by atoms with E-state index in [4.69, 9.17) is 0 Å². The molecule has 0 bridgehead atoms. The standard InChI is InChI=1S/C24H23N3O3/c1-3-25-21-12-11-18(13-20(21)19(14-22(25)28)16-9-10-16)27-24(30)15(2)23(29)26(27)17-7-5-4-6-8-17/h4-8,11-16H,3,9-10H2,1-2H3. The Balaban J connectivity index is 1.71. The summed E-state index contributed by atoms with van der Waals surface area (Å²) in [7, 11) is 0. The molecule has 0 radical (unpaired) electrons. The van der Waals surface area contributed by atoms with Crippen LogP contribution in [-0.4, -0.2) is 16.4 Å². The van der Waals surface area contributed by atoms with Gasteiger partial charge in [-0.2, -0.15) is 0 Å². The van der Waals surface area contributed by atoms with Crippen molar-refractivity contribution in [2.24, 2.45) is 5.92 Å². The van der Waals surface area contributed by atoms with Crippen molar-refractivity contribution in [2.75, 3.05) is 10.0 Å². The van der Waals surface area contributed by atoms with Crippen molar-refractivity contribution >= 4 is 34.1 Å². The predicted molar refractivity (Wildman–Crippen MR) is 116 cm³/mol. The minimum absolute atomic E-state index is 0.00612. The van der Waals surface area contributed by atoms with Crippen LogP contribution in [0.4, 0.5) is 11.4 Å². The maximum absolute atomic E-state index is 13.1. The molecular weight excluding hydrogens is 378 g/mol. The van der Waals surface area contributed by atoms with Gasteiger partial charge in [0.25, 0.3) is 17.4 Å². The number of aromatic nitrogens is 1. The molecule has 0 spiro atoms. The summed E-state index contributed by atoms with van der Waals surface area (Å²) in [6, 6.07) is 16.6. The van der Waals surface area contributed by atoms with Crippen molar-refractivity contribution in [1.82, 2.24) is 4.57 Å². The number of hydrogen-bond acceptors (Lipinski definition) is 3. The number of carbonyl (C=O) groups is 2. The number of hydrogen-bond donors (Lipinski definition) is 0. The van der Waals surface area contributed by atoms with Crippen LogP contribution in [0.15, 0.2) is 59.4 Å². The van der Waals surface area contributed by atoms with Crippen LogP contribution in [-0.2, 0) is 16.1 Å². The van der Waals surface area contributed by atoms with E-state index in [1.807, 2.05) is 55.5 Å². The van der Waals surface area contributed by atoms with Crippen molar-refractivity contribution < 1.29 is 9.59 Å². The third-order valence-corrected chi connectivity index (χ3v) is 6.06. The highest BCUT2D eigenvalue weighted by atomic mass is 16.2. The van der Waals surface area contributed by atoms with Gasteiger partial charge in [-0.05, 0) is 68.5 Å². The second-order valence-corrected chi connectivity index (χ2v) is 8.02. The van der Waals surface area contributed by atoms with Crippen LogP contribution in [0, 0.1) is 5.92 Å². The first-order chi connectivity index (χ1) is 14.5. The Morgan fingerprint density at radius 2 is 1.53 bits per heavy atom. The molecule has 2 aromatic carbocycles. The Morgan fingerprint density at radius 3 is 2.17 bits per heavy atom. The minimum Gasteiger partial charge on any atom is -0.309 e. The fourth-order valence-corrected chi connectivity index (χ4v) is 4.31. The lowest BCUT2D eigenvalue weighted by molar-refractivity contribution is -0.126. The van der Waals surface area contributed by atoms with Crippen molar-refractivity contribution in [3.05, 3.63) is 70.5 Å². The smallest absolute Gasteiger partial charge is 0.258 e. The van der Waals surface area contributed by atoms with Crippen LogP contribution in [0.5, 0.6) is 0 Å². The molecule has 1 saturated heterocycles. The molecule has 2 heterocycles. The first-order valence-electron chi connectivity index (χ1n) is 10.4. The molecule has 1 saturated carbocycles. The molecule has 2 aliphatic rings. The molecule has 2 fully saturated rings. The van der Waals surface area contributed by atoms with Crippen LogP contribution in [0.3, 0.4) is 0 Å². The third kappa shape index (κ3) is 2.75. The van der Waals surface area contributed by atoms with Crippen LogP contribution < -0.4 is 15.6 Å². The number of anilines is 2. The summed E-state index contributed by atoms with van der Waals surface area (Å²) in [6.07, 6.45) is 2.15. The third-order valence-electron chi connectivity index (χ3n) is 6.06. The van der Waals surface area contributed by atoms with E-state index in [9.17, 15) is 14.4 Å². The number of rotatable bonds is 4. The number of aryl methyl sites for hydroxylation is 1. The summed E-state index contributed by atoms with van der Waals surface area (Å²) in [5.74, 6) is -0.845. The zero-order valence-corrected chi connectivity index (χ0v) is 17.0. The van der Waals surface area contributed by atoms with Gasteiger partial charge in [-0.3, -0.25) is 14.4 Å². The van der Waals surface area contributed by atoms with Crippen molar-refractivity contribution in [3.63, 3.8) is 0 Å². The summed E-state index contributed by atoms with van der Waals surface area (Å²) >= 11 is 0. The number of carbonyl (C=O) groups excluding carboxylic acids is 2. The number of para-hydroxylation sites is 1. The Morgan fingerprint density at radius 1 is 0.867 bits per heavy atom. The first kappa shape index (κ1) is 18.6. The highest BCUT2D eigenvalue weighted by Gasteiger charge is 2.44. The van der Waals surface area contributed by atoms with Gasteiger partial charge in [-0.25, -0.2) is 10.0 Å². The molecule has 1 aliphatic heterocycles. The van der Waals surface area contributed by atoms with Gasteiger partial charge in [0.15, 0.2) is 0 Å². The summed E-state index contributed by atoms with van der Waals surface area (Å²) in [5.41, 5.74) is 3.21. The maximum atomic E-state index is 13.1. The van der Waals surface area contributed by atoms with Crippen molar-refractivity contribution in [1.29, 1.82) is 0 Å². The van der Waals surface area contributed by atoms with Crippen molar-refractivity contribution in [2.45, 2.75) is 39.2 Å². The fraction of sp³-hybridized carbons (Fsp3) is 0.292. The van der Waals surface area contributed by atoms with E-state index in [2.05, 4.69) is 0 Å². The lowest BCUT2D eigenvalue weighted by atomic mass is 10.0. The van der Waals surface area contributed by atoms with E-state index in [1.165, 1.54) is 10.0 Å². The fourth-order valence-electron chi connectivity index (χ4n) is 4.31. The largest absolute Gasteiger partial charge is 0.309 e. The summed E-state index contributed by atoms with van der Waals surface area (Å²) in [4.78, 5) is 38.5. The van der Waals surface area contributed by atoms with Crippen LogP contribution in [0.2, 0.25) is 0 Å². The second-order valence-electron chi connectivity index (χ2n) is 8.02. The molecule has 3 aromatic rings. The molecule has 30 heavy (non-hydrogen) atoms. The topological polar surface area (TPSA) is 62.6 Å². The van der Waals surface area contributed by atoms with Gasteiger partial charge >= 0.3 is 0 Å². The molecule has 1 unspecified atom stereocenters. The Bertz CT molecular complexity index is 1230. The number of pyridine rings is 1. The molecule has 5 rings (SSSR count). The molecule has 6 nitrogen and oxygen atoms in total.